The van der Waals surface area contributed by atoms with Gasteiger partial charge in [-0.3, -0.25) is 0 Å². The standard InChI is InChI=1S/C9H10BrClS/c1-2-7(6-11)5-9-8(10)3-4-12-9/h3-5H,2,6H2,1H3/b7-5-. The maximum atomic E-state index is 5.76. The molecule has 0 nitrogen and oxygen atoms in total. The van der Waals surface area contributed by atoms with Crippen LogP contribution in [0.15, 0.2) is 21.5 Å². The molecule has 0 unspecified atom stereocenters. The first-order valence-corrected chi connectivity index (χ1v) is 5.97. The minimum Gasteiger partial charge on any atom is -0.143 e. The van der Waals surface area contributed by atoms with Gasteiger partial charge in [-0.2, -0.15) is 0 Å². The van der Waals surface area contributed by atoms with Gasteiger partial charge in [-0.15, -0.1) is 22.9 Å². The molecule has 0 saturated heterocycles. The highest BCUT2D eigenvalue weighted by Crippen LogP contribution is 2.25. The van der Waals surface area contributed by atoms with E-state index in [4.69, 9.17) is 11.6 Å². The summed E-state index contributed by atoms with van der Waals surface area (Å²) in [5.74, 6) is 0.626. The summed E-state index contributed by atoms with van der Waals surface area (Å²) in [5.41, 5.74) is 1.28. The van der Waals surface area contributed by atoms with Crippen LogP contribution in [0.2, 0.25) is 0 Å². The summed E-state index contributed by atoms with van der Waals surface area (Å²) in [6.07, 6.45) is 3.18. The van der Waals surface area contributed by atoms with Gasteiger partial charge in [0.1, 0.15) is 0 Å². The molecule has 0 aromatic carbocycles. The zero-order chi connectivity index (χ0) is 8.97. The monoisotopic (exact) mass is 264 g/mol. The van der Waals surface area contributed by atoms with Crippen molar-refractivity contribution < 1.29 is 0 Å². The Hall–Kier alpha value is 0.210. The van der Waals surface area contributed by atoms with Crippen molar-refractivity contribution in [3.63, 3.8) is 0 Å². The smallest absolute Gasteiger partial charge is 0.0437 e. The highest BCUT2D eigenvalue weighted by Gasteiger charge is 1.98. The molecule has 0 aliphatic carbocycles. The van der Waals surface area contributed by atoms with Gasteiger partial charge >= 0.3 is 0 Å². The first kappa shape index (κ1) is 10.3. The molecule has 0 saturated carbocycles. The van der Waals surface area contributed by atoms with Crippen LogP contribution in [0.25, 0.3) is 6.08 Å². The van der Waals surface area contributed by atoms with Gasteiger partial charge in [0, 0.05) is 15.2 Å². The zero-order valence-corrected chi connectivity index (χ0v) is 9.97. The molecule has 0 N–H and O–H groups in total. The zero-order valence-electron chi connectivity index (χ0n) is 6.81. The molecule has 1 heterocycles. The Labute approximate surface area is 90.4 Å². The Kier molecular flexibility index (Phi) is 4.33. The first-order valence-electron chi connectivity index (χ1n) is 3.76. The molecule has 0 amide bonds. The number of allylic oxidation sites excluding steroid dienone is 1. The predicted octanol–water partition coefficient (Wildman–Crippen LogP) is 4.54. The molecule has 0 bridgehead atoms. The maximum Gasteiger partial charge on any atom is 0.0437 e. The van der Waals surface area contributed by atoms with Crippen molar-refractivity contribution in [2.24, 2.45) is 0 Å². The molecule has 0 aliphatic heterocycles. The van der Waals surface area contributed by atoms with E-state index in [-0.39, 0.29) is 0 Å². The van der Waals surface area contributed by atoms with Crippen LogP contribution >= 0.6 is 38.9 Å². The number of alkyl halides is 1. The summed E-state index contributed by atoms with van der Waals surface area (Å²) >= 11 is 11.0. The molecule has 3 heteroatoms. The molecule has 0 spiro atoms. The Morgan fingerprint density at radius 2 is 2.50 bits per heavy atom. The molecule has 0 radical (unpaired) electrons. The predicted molar refractivity (Wildman–Crippen MR) is 61.0 cm³/mol. The highest BCUT2D eigenvalue weighted by molar-refractivity contribution is 9.10. The summed E-state index contributed by atoms with van der Waals surface area (Å²) in [6, 6.07) is 2.05. The molecule has 66 valence electrons. The summed E-state index contributed by atoms with van der Waals surface area (Å²) in [4.78, 5) is 1.26. The van der Waals surface area contributed by atoms with E-state index >= 15 is 0 Å². The van der Waals surface area contributed by atoms with E-state index in [1.165, 1.54) is 10.5 Å². The minimum absolute atomic E-state index is 0.626. The number of halogens is 2. The molecule has 1 aromatic rings. The van der Waals surface area contributed by atoms with Crippen LogP contribution < -0.4 is 0 Å². The fourth-order valence-electron chi connectivity index (χ4n) is 0.829. The van der Waals surface area contributed by atoms with Gasteiger partial charge in [0.25, 0.3) is 0 Å². The molecule has 0 aliphatic rings. The van der Waals surface area contributed by atoms with Crippen LogP contribution in [-0.2, 0) is 0 Å². The second-order valence-corrected chi connectivity index (χ2v) is 4.49. The van der Waals surface area contributed by atoms with Crippen LogP contribution in [0, 0.1) is 0 Å². The van der Waals surface area contributed by atoms with E-state index < -0.39 is 0 Å². The van der Waals surface area contributed by atoms with E-state index in [1.54, 1.807) is 11.3 Å². The Balaban J connectivity index is 2.85. The molecule has 0 atom stereocenters. The number of thiophene rings is 1. The van der Waals surface area contributed by atoms with Crippen molar-refractivity contribution in [1.29, 1.82) is 0 Å². The van der Waals surface area contributed by atoms with E-state index in [0.717, 1.165) is 10.9 Å². The Morgan fingerprint density at radius 3 is 2.92 bits per heavy atom. The summed E-state index contributed by atoms with van der Waals surface area (Å²) in [6.45, 7) is 2.12. The average Bonchev–Trinajstić information content (AvgIpc) is 2.47. The number of hydrogen-bond acceptors (Lipinski definition) is 1. The second kappa shape index (κ2) is 5.05. The minimum atomic E-state index is 0.626. The van der Waals surface area contributed by atoms with E-state index in [2.05, 4.69) is 40.4 Å². The lowest BCUT2D eigenvalue weighted by atomic mass is 10.2. The van der Waals surface area contributed by atoms with Crippen LogP contribution in [0.4, 0.5) is 0 Å². The number of rotatable bonds is 3. The SMILES string of the molecule is CC/C(=C/c1sccc1Br)CCl. The molecular weight excluding hydrogens is 256 g/mol. The van der Waals surface area contributed by atoms with Crippen LogP contribution in [0.1, 0.15) is 18.2 Å². The largest absolute Gasteiger partial charge is 0.143 e. The normalized spacial score (nSPS) is 12.1. The Morgan fingerprint density at radius 1 is 1.75 bits per heavy atom. The third kappa shape index (κ3) is 2.61. The number of hydrogen-bond donors (Lipinski definition) is 0. The van der Waals surface area contributed by atoms with Crippen molar-refractivity contribution in [2.45, 2.75) is 13.3 Å². The lowest BCUT2D eigenvalue weighted by Crippen LogP contribution is -1.80. The summed E-state index contributed by atoms with van der Waals surface area (Å²) in [5, 5.41) is 2.07. The lowest BCUT2D eigenvalue weighted by Gasteiger charge is -1.96. The van der Waals surface area contributed by atoms with Gasteiger partial charge in [-0.1, -0.05) is 12.5 Å². The van der Waals surface area contributed by atoms with Gasteiger partial charge < -0.3 is 0 Å². The third-order valence-electron chi connectivity index (χ3n) is 1.61. The highest BCUT2D eigenvalue weighted by atomic mass is 79.9. The topological polar surface area (TPSA) is 0 Å². The van der Waals surface area contributed by atoms with E-state index in [0.29, 0.717) is 5.88 Å². The van der Waals surface area contributed by atoms with Gasteiger partial charge in [0.15, 0.2) is 0 Å². The fraction of sp³-hybridized carbons (Fsp3) is 0.333. The molecule has 1 aromatic heterocycles. The Bertz CT molecular complexity index is 272. The van der Waals surface area contributed by atoms with Crippen molar-refractivity contribution in [3.05, 3.63) is 26.4 Å². The van der Waals surface area contributed by atoms with E-state index in [9.17, 15) is 0 Å². The average molecular weight is 266 g/mol. The van der Waals surface area contributed by atoms with Gasteiger partial charge in [0.05, 0.1) is 0 Å². The molecule has 0 fully saturated rings. The fourth-order valence-corrected chi connectivity index (χ4v) is 2.56. The second-order valence-electron chi connectivity index (χ2n) is 2.42. The van der Waals surface area contributed by atoms with Crippen LogP contribution in [-0.4, -0.2) is 5.88 Å². The summed E-state index contributed by atoms with van der Waals surface area (Å²) in [7, 11) is 0. The van der Waals surface area contributed by atoms with Gasteiger partial charge in [0.2, 0.25) is 0 Å². The van der Waals surface area contributed by atoms with Gasteiger partial charge in [-0.25, -0.2) is 0 Å². The van der Waals surface area contributed by atoms with Crippen molar-refractivity contribution in [3.8, 4) is 0 Å². The van der Waals surface area contributed by atoms with Crippen molar-refractivity contribution in [2.75, 3.05) is 5.88 Å². The lowest BCUT2D eigenvalue weighted by molar-refractivity contribution is 1.12. The van der Waals surface area contributed by atoms with Gasteiger partial charge in [-0.05, 0) is 39.9 Å². The molecule has 12 heavy (non-hydrogen) atoms. The first-order chi connectivity index (χ1) is 5.77. The van der Waals surface area contributed by atoms with Crippen LogP contribution in [0.5, 0.6) is 0 Å². The third-order valence-corrected chi connectivity index (χ3v) is 3.77. The summed E-state index contributed by atoms with van der Waals surface area (Å²) < 4.78 is 1.16. The van der Waals surface area contributed by atoms with Crippen LogP contribution in [0.3, 0.4) is 0 Å². The maximum absolute atomic E-state index is 5.76. The van der Waals surface area contributed by atoms with Crippen molar-refractivity contribution in [1.82, 2.24) is 0 Å². The molecular formula is C9H10BrClS. The van der Waals surface area contributed by atoms with Crippen molar-refractivity contribution >= 4 is 44.9 Å². The quantitative estimate of drug-likeness (QED) is 0.704. The molecule has 1 rings (SSSR count). The van der Waals surface area contributed by atoms with E-state index in [1.807, 2.05) is 0 Å².